The molecule has 0 unspecified atom stereocenters. The highest BCUT2D eigenvalue weighted by atomic mass is 19.4. The van der Waals surface area contributed by atoms with Crippen molar-refractivity contribution in [3.8, 4) is 0 Å². The number of fused-ring (bicyclic) bond motifs is 1. The van der Waals surface area contributed by atoms with E-state index in [4.69, 9.17) is 0 Å². The van der Waals surface area contributed by atoms with Crippen LogP contribution in [0.25, 0.3) is 11.2 Å². The predicted octanol–water partition coefficient (Wildman–Crippen LogP) is 5.69. The summed E-state index contributed by atoms with van der Waals surface area (Å²) < 4.78 is 56.1. The number of rotatable bonds is 8. The average Bonchev–Trinajstić information content (AvgIpc) is 3.07. The van der Waals surface area contributed by atoms with E-state index in [0.29, 0.717) is 36.0 Å². The van der Waals surface area contributed by atoms with Crippen molar-refractivity contribution < 1.29 is 22.4 Å². The highest BCUT2D eigenvalue weighted by Gasteiger charge is 2.36. The molecule has 0 N–H and O–H groups in total. The summed E-state index contributed by atoms with van der Waals surface area (Å²) in [4.78, 5) is 23.5. The second-order valence-electron chi connectivity index (χ2n) is 8.10. The number of carbonyl (C=O) groups is 1. The third-order valence-corrected chi connectivity index (χ3v) is 5.16. The predicted molar refractivity (Wildman–Crippen MR) is 113 cm³/mol. The Bertz CT molecular complexity index is 1090. The van der Waals surface area contributed by atoms with Gasteiger partial charge in [0.15, 0.2) is 5.65 Å². The lowest BCUT2D eigenvalue weighted by molar-refractivity contribution is -0.140. The van der Waals surface area contributed by atoms with E-state index in [1.165, 1.54) is 4.90 Å². The van der Waals surface area contributed by atoms with Crippen LogP contribution in [0.15, 0.2) is 36.5 Å². The van der Waals surface area contributed by atoms with Crippen LogP contribution in [-0.4, -0.2) is 31.9 Å². The van der Waals surface area contributed by atoms with Gasteiger partial charge < -0.3 is 9.47 Å². The topological polar surface area (TPSA) is 51.0 Å². The molecule has 0 saturated heterocycles. The van der Waals surface area contributed by atoms with E-state index in [1.54, 1.807) is 12.3 Å². The summed E-state index contributed by atoms with van der Waals surface area (Å²) in [7, 11) is 0. The molecule has 1 amide bonds. The molecule has 3 rings (SSSR count). The lowest BCUT2D eigenvalue weighted by Crippen LogP contribution is -2.34. The molecule has 0 bridgehead atoms. The highest BCUT2D eigenvalue weighted by Crippen LogP contribution is 2.33. The van der Waals surface area contributed by atoms with Crippen LogP contribution in [0.3, 0.4) is 0 Å². The summed E-state index contributed by atoms with van der Waals surface area (Å²) in [5.41, 5.74) is -0.710. The number of aryl methyl sites for hydroxylation is 1. The summed E-state index contributed by atoms with van der Waals surface area (Å²) >= 11 is 0. The molecule has 1 aromatic carbocycles. The first kappa shape index (κ1) is 23.7. The lowest BCUT2D eigenvalue weighted by atomic mass is 10.1. The summed E-state index contributed by atoms with van der Waals surface area (Å²) in [6, 6.07) is 6.35. The number of amides is 1. The smallest absolute Gasteiger partial charge is 0.331 e. The largest absolute Gasteiger partial charge is 0.419 e. The van der Waals surface area contributed by atoms with E-state index < -0.39 is 29.0 Å². The third kappa shape index (κ3) is 5.08. The summed E-state index contributed by atoms with van der Waals surface area (Å²) in [5.74, 6) is -1.54. The number of hydrogen-bond acceptors (Lipinski definition) is 3. The Morgan fingerprint density at radius 2 is 1.94 bits per heavy atom. The van der Waals surface area contributed by atoms with Crippen LogP contribution >= 0.6 is 0 Å². The minimum atomic E-state index is -4.89. The van der Waals surface area contributed by atoms with Crippen LogP contribution in [0.1, 0.15) is 55.4 Å². The molecule has 0 aliphatic rings. The SMILES string of the molecule is CCCn1c(CN(CCC(C)C)C(=O)c2cccc(C(F)(F)F)c2F)nc2cccnc21. The summed E-state index contributed by atoms with van der Waals surface area (Å²) in [6.45, 7) is 6.87. The van der Waals surface area contributed by atoms with Gasteiger partial charge in [-0.2, -0.15) is 13.2 Å². The standard InChI is InChI=1S/C23H26F4N4O/c1-4-12-31-19(29-18-9-6-11-28-21(18)31)14-30(13-10-15(2)3)22(32)16-7-5-8-17(20(16)24)23(25,26)27/h5-9,11,15H,4,10,12-14H2,1-3H3. The summed E-state index contributed by atoms with van der Waals surface area (Å²) in [6.07, 6.45) is -1.82. The molecule has 5 nitrogen and oxygen atoms in total. The van der Waals surface area contributed by atoms with Gasteiger partial charge in [0.1, 0.15) is 17.2 Å². The minimum absolute atomic E-state index is 0.0393. The number of hydrogen-bond donors (Lipinski definition) is 0. The molecule has 32 heavy (non-hydrogen) atoms. The fraction of sp³-hybridized carbons (Fsp3) is 0.435. The molecule has 0 fully saturated rings. The van der Waals surface area contributed by atoms with E-state index in [9.17, 15) is 22.4 Å². The Kier molecular flexibility index (Phi) is 7.16. The van der Waals surface area contributed by atoms with Crippen LogP contribution in [0.5, 0.6) is 0 Å². The quantitative estimate of drug-likeness (QED) is 0.415. The Labute approximate surface area is 184 Å². The fourth-order valence-electron chi connectivity index (χ4n) is 3.51. The maximum Gasteiger partial charge on any atom is 0.419 e. The Morgan fingerprint density at radius 3 is 2.59 bits per heavy atom. The molecule has 0 spiro atoms. The van der Waals surface area contributed by atoms with E-state index in [0.717, 1.165) is 18.6 Å². The van der Waals surface area contributed by atoms with E-state index in [2.05, 4.69) is 9.97 Å². The van der Waals surface area contributed by atoms with Gasteiger partial charge in [-0.05, 0) is 43.0 Å². The number of benzene rings is 1. The van der Waals surface area contributed by atoms with Crippen molar-refractivity contribution in [2.45, 2.75) is 52.9 Å². The van der Waals surface area contributed by atoms with E-state index in [1.807, 2.05) is 31.4 Å². The molecule has 0 radical (unpaired) electrons. The second-order valence-corrected chi connectivity index (χ2v) is 8.10. The number of carbonyl (C=O) groups excluding carboxylic acids is 1. The van der Waals surface area contributed by atoms with Crippen LogP contribution in [0.4, 0.5) is 17.6 Å². The molecule has 3 aromatic rings. The number of aromatic nitrogens is 3. The Morgan fingerprint density at radius 1 is 1.19 bits per heavy atom. The molecule has 2 heterocycles. The van der Waals surface area contributed by atoms with Gasteiger partial charge in [-0.1, -0.05) is 26.8 Å². The van der Waals surface area contributed by atoms with E-state index >= 15 is 0 Å². The number of pyridine rings is 1. The van der Waals surface area contributed by atoms with Crippen LogP contribution < -0.4 is 0 Å². The molecular formula is C23H26F4N4O. The average molecular weight is 450 g/mol. The van der Waals surface area contributed by atoms with E-state index in [-0.39, 0.29) is 19.0 Å². The first-order chi connectivity index (χ1) is 15.1. The number of imidazole rings is 1. The van der Waals surface area contributed by atoms with Crippen molar-refractivity contribution in [1.82, 2.24) is 19.4 Å². The zero-order valence-corrected chi connectivity index (χ0v) is 18.3. The van der Waals surface area contributed by atoms with Crippen molar-refractivity contribution in [3.05, 3.63) is 59.3 Å². The van der Waals surface area contributed by atoms with Gasteiger partial charge in [0.05, 0.1) is 17.7 Å². The Balaban J connectivity index is 2.01. The van der Waals surface area contributed by atoms with Gasteiger partial charge in [-0.25, -0.2) is 14.4 Å². The van der Waals surface area contributed by atoms with Gasteiger partial charge in [0.25, 0.3) is 5.91 Å². The lowest BCUT2D eigenvalue weighted by Gasteiger charge is -2.24. The van der Waals surface area contributed by atoms with Crippen molar-refractivity contribution in [2.24, 2.45) is 5.92 Å². The zero-order valence-electron chi connectivity index (χ0n) is 18.3. The monoisotopic (exact) mass is 450 g/mol. The molecule has 0 aliphatic carbocycles. The molecule has 0 atom stereocenters. The molecule has 2 aromatic heterocycles. The first-order valence-electron chi connectivity index (χ1n) is 10.6. The van der Waals surface area contributed by atoms with Crippen molar-refractivity contribution in [2.75, 3.05) is 6.54 Å². The number of halogens is 4. The maximum absolute atomic E-state index is 14.7. The third-order valence-electron chi connectivity index (χ3n) is 5.16. The Hall–Kier alpha value is -2.97. The second kappa shape index (κ2) is 9.67. The molecular weight excluding hydrogens is 424 g/mol. The van der Waals surface area contributed by atoms with Crippen molar-refractivity contribution in [1.29, 1.82) is 0 Å². The number of alkyl halides is 3. The van der Waals surface area contributed by atoms with Crippen LogP contribution in [-0.2, 0) is 19.3 Å². The van der Waals surface area contributed by atoms with Gasteiger partial charge in [-0.3, -0.25) is 4.79 Å². The molecule has 172 valence electrons. The highest BCUT2D eigenvalue weighted by molar-refractivity contribution is 5.94. The number of nitrogens with zero attached hydrogens (tertiary/aromatic N) is 4. The van der Waals surface area contributed by atoms with Crippen molar-refractivity contribution in [3.63, 3.8) is 0 Å². The van der Waals surface area contributed by atoms with Crippen molar-refractivity contribution >= 4 is 17.1 Å². The fourth-order valence-corrected chi connectivity index (χ4v) is 3.51. The molecule has 9 heteroatoms. The van der Waals surface area contributed by atoms with Gasteiger partial charge in [0.2, 0.25) is 0 Å². The van der Waals surface area contributed by atoms with Gasteiger partial charge >= 0.3 is 6.18 Å². The minimum Gasteiger partial charge on any atom is -0.331 e. The molecule has 0 aliphatic heterocycles. The molecule has 0 saturated carbocycles. The first-order valence-corrected chi connectivity index (χ1v) is 10.6. The normalized spacial score (nSPS) is 12.0. The van der Waals surface area contributed by atoms with Gasteiger partial charge in [-0.15, -0.1) is 0 Å². The van der Waals surface area contributed by atoms with Crippen LogP contribution in [0, 0.1) is 11.7 Å². The summed E-state index contributed by atoms with van der Waals surface area (Å²) in [5, 5.41) is 0. The maximum atomic E-state index is 14.7. The van der Waals surface area contributed by atoms with Gasteiger partial charge in [0, 0.05) is 19.3 Å². The van der Waals surface area contributed by atoms with Crippen LogP contribution in [0.2, 0.25) is 0 Å². The zero-order chi connectivity index (χ0) is 23.5.